The molecule has 0 saturated carbocycles. The summed E-state index contributed by atoms with van der Waals surface area (Å²) >= 11 is 0. The third-order valence-electron chi connectivity index (χ3n) is 2.59. The van der Waals surface area contributed by atoms with Crippen molar-refractivity contribution in [1.82, 2.24) is 0 Å². The molecule has 0 aliphatic heterocycles. The zero-order valence-corrected chi connectivity index (χ0v) is 9.83. The number of hydrogen-bond acceptors (Lipinski definition) is 2. The number of halogens is 1. The summed E-state index contributed by atoms with van der Waals surface area (Å²) in [5.74, 6) is 0.867. The second kappa shape index (κ2) is 4.45. The van der Waals surface area contributed by atoms with Crippen LogP contribution in [0.2, 0.25) is 0 Å². The molecule has 0 atom stereocenters. The van der Waals surface area contributed by atoms with Crippen LogP contribution in [-0.4, -0.2) is 0 Å². The lowest BCUT2D eigenvalue weighted by atomic mass is 10.1. The molecule has 0 radical (unpaired) electrons. The highest BCUT2D eigenvalue weighted by atomic mass is 19.1. The van der Waals surface area contributed by atoms with Crippen LogP contribution in [-0.2, 0) is 0 Å². The third-order valence-corrected chi connectivity index (χ3v) is 2.59. The van der Waals surface area contributed by atoms with Gasteiger partial charge in [0.25, 0.3) is 0 Å². The molecule has 0 saturated heterocycles. The molecule has 0 unspecified atom stereocenters. The maximum atomic E-state index is 13.0. The minimum atomic E-state index is -0.313. The molecular weight excluding hydrogens is 217 g/mol. The highest BCUT2D eigenvalue weighted by Gasteiger charge is 2.05. The quantitative estimate of drug-likeness (QED) is 0.797. The van der Waals surface area contributed by atoms with Crippen molar-refractivity contribution in [3.63, 3.8) is 0 Å². The summed E-state index contributed by atoms with van der Waals surface area (Å²) in [7, 11) is 0. The summed E-state index contributed by atoms with van der Waals surface area (Å²) in [6, 6.07) is 9.77. The van der Waals surface area contributed by atoms with Crippen LogP contribution in [0.25, 0.3) is 0 Å². The van der Waals surface area contributed by atoms with Crippen LogP contribution in [0.3, 0.4) is 0 Å². The molecule has 0 aliphatic rings. The molecule has 2 rings (SSSR count). The Hall–Kier alpha value is -2.03. The van der Waals surface area contributed by atoms with Crippen LogP contribution in [0.15, 0.2) is 36.4 Å². The zero-order valence-electron chi connectivity index (χ0n) is 9.83. The molecule has 0 aromatic heterocycles. The zero-order chi connectivity index (χ0) is 12.4. The Morgan fingerprint density at radius 1 is 1.06 bits per heavy atom. The molecule has 0 aliphatic carbocycles. The molecular formula is C14H14FNO. The highest BCUT2D eigenvalue weighted by Crippen LogP contribution is 2.29. The predicted octanol–water partition coefficient (Wildman–Crippen LogP) is 3.82. The first-order valence-corrected chi connectivity index (χ1v) is 5.36. The SMILES string of the molecule is Cc1cc(Oc2cccc(F)c2)c(C)cc1N. The van der Waals surface area contributed by atoms with Crippen molar-refractivity contribution in [1.29, 1.82) is 0 Å². The van der Waals surface area contributed by atoms with Gasteiger partial charge >= 0.3 is 0 Å². The van der Waals surface area contributed by atoms with Gasteiger partial charge < -0.3 is 10.5 Å². The summed E-state index contributed by atoms with van der Waals surface area (Å²) < 4.78 is 18.6. The lowest BCUT2D eigenvalue weighted by molar-refractivity contribution is 0.473. The molecule has 3 heteroatoms. The highest BCUT2D eigenvalue weighted by molar-refractivity contribution is 5.54. The Morgan fingerprint density at radius 3 is 2.53 bits per heavy atom. The lowest BCUT2D eigenvalue weighted by Gasteiger charge is -2.11. The minimum Gasteiger partial charge on any atom is -0.457 e. The van der Waals surface area contributed by atoms with E-state index in [0.29, 0.717) is 11.5 Å². The molecule has 0 bridgehead atoms. The third kappa shape index (κ3) is 2.56. The van der Waals surface area contributed by atoms with E-state index in [4.69, 9.17) is 10.5 Å². The normalized spacial score (nSPS) is 10.3. The summed E-state index contributed by atoms with van der Waals surface area (Å²) in [6.07, 6.45) is 0. The van der Waals surface area contributed by atoms with Gasteiger partial charge in [0.2, 0.25) is 0 Å². The smallest absolute Gasteiger partial charge is 0.130 e. The summed E-state index contributed by atoms with van der Waals surface area (Å²) in [4.78, 5) is 0. The second-order valence-electron chi connectivity index (χ2n) is 4.03. The topological polar surface area (TPSA) is 35.2 Å². The molecule has 2 aromatic carbocycles. The van der Waals surface area contributed by atoms with E-state index >= 15 is 0 Å². The van der Waals surface area contributed by atoms with Gasteiger partial charge in [0.15, 0.2) is 0 Å². The fraction of sp³-hybridized carbons (Fsp3) is 0.143. The number of anilines is 1. The largest absolute Gasteiger partial charge is 0.457 e. The van der Waals surface area contributed by atoms with Gasteiger partial charge in [-0.15, -0.1) is 0 Å². The van der Waals surface area contributed by atoms with Gasteiger partial charge in [0.05, 0.1) is 0 Å². The maximum Gasteiger partial charge on any atom is 0.130 e. The number of ether oxygens (including phenoxy) is 1. The first-order chi connectivity index (χ1) is 8.06. The molecule has 2 aromatic rings. The number of rotatable bonds is 2. The van der Waals surface area contributed by atoms with Gasteiger partial charge in [0, 0.05) is 11.8 Å². The van der Waals surface area contributed by atoms with Gasteiger partial charge in [-0.3, -0.25) is 0 Å². The number of aryl methyl sites for hydroxylation is 2. The minimum absolute atomic E-state index is 0.313. The van der Waals surface area contributed by atoms with E-state index < -0.39 is 0 Å². The molecule has 2 nitrogen and oxygen atoms in total. The maximum absolute atomic E-state index is 13.0. The van der Waals surface area contributed by atoms with E-state index in [1.54, 1.807) is 12.1 Å². The van der Waals surface area contributed by atoms with Gasteiger partial charge in [-0.25, -0.2) is 4.39 Å². The van der Waals surface area contributed by atoms with Gasteiger partial charge in [-0.05, 0) is 49.2 Å². The molecule has 88 valence electrons. The van der Waals surface area contributed by atoms with Crippen LogP contribution in [0.5, 0.6) is 11.5 Å². The van der Waals surface area contributed by atoms with Crippen molar-refractivity contribution in [3.8, 4) is 11.5 Å². The lowest BCUT2D eigenvalue weighted by Crippen LogP contribution is -1.94. The van der Waals surface area contributed by atoms with Crippen molar-refractivity contribution in [3.05, 3.63) is 53.3 Å². The Kier molecular flexibility index (Phi) is 3.00. The Labute approximate surface area is 99.8 Å². The number of nitrogen functional groups attached to an aromatic ring is 1. The van der Waals surface area contributed by atoms with Crippen LogP contribution in [0.4, 0.5) is 10.1 Å². The van der Waals surface area contributed by atoms with Crippen LogP contribution < -0.4 is 10.5 Å². The number of benzene rings is 2. The van der Waals surface area contributed by atoms with Crippen molar-refractivity contribution in [2.24, 2.45) is 0 Å². The predicted molar refractivity (Wildman–Crippen MR) is 66.8 cm³/mol. The van der Waals surface area contributed by atoms with Crippen molar-refractivity contribution in [2.75, 3.05) is 5.73 Å². The van der Waals surface area contributed by atoms with E-state index in [2.05, 4.69) is 0 Å². The fourth-order valence-electron chi connectivity index (χ4n) is 1.58. The first kappa shape index (κ1) is 11.5. The summed E-state index contributed by atoms with van der Waals surface area (Å²) in [6.45, 7) is 3.82. The number of hydrogen-bond donors (Lipinski definition) is 1. The average molecular weight is 231 g/mol. The van der Waals surface area contributed by atoms with E-state index in [9.17, 15) is 4.39 Å². The Bertz CT molecular complexity index is 552. The van der Waals surface area contributed by atoms with Crippen molar-refractivity contribution < 1.29 is 9.13 Å². The first-order valence-electron chi connectivity index (χ1n) is 5.36. The monoisotopic (exact) mass is 231 g/mol. The summed E-state index contributed by atoms with van der Waals surface area (Å²) in [5, 5.41) is 0. The molecule has 17 heavy (non-hydrogen) atoms. The van der Waals surface area contributed by atoms with Gasteiger partial charge in [0.1, 0.15) is 17.3 Å². The van der Waals surface area contributed by atoms with E-state index in [1.807, 2.05) is 26.0 Å². The average Bonchev–Trinajstić information content (AvgIpc) is 2.26. The molecule has 0 spiro atoms. The second-order valence-corrected chi connectivity index (χ2v) is 4.03. The molecule has 0 fully saturated rings. The Morgan fingerprint density at radius 2 is 1.82 bits per heavy atom. The molecule has 0 heterocycles. The van der Waals surface area contributed by atoms with Gasteiger partial charge in [-0.1, -0.05) is 6.07 Å². The van der Waals surface area contributed by atoms with Crippen LogP contribution in [0.1, 0.15) is 11.1 Å². The van der Waals surface area contributed by atoms with E-state index in [-0.39, 0.29) is 5.82 Å². The molecule has 0 amide bonds. The van der Waals surface area contributed by atoms with Crippen molar-refractivity contribution in [2.45, 2.75) is 13.8 Å². The van der Waals surface area contributed by atoms with Crippen molar-refractivity contribution >= 4 is 5.69 Å². The number of nitrogens with two attached hydrogens (primary N) is 1. The van der Waals surface area contributed by atoms with Crippen LogP contribution >= 0.6 is 0 Å². The standard InChI is InChI=1S/C14H14FNO/c1-9-7-14(10(2)6-13(9)16)17-12-5-3-4-11(15)8-12/h3-8H,16H2,1-2H3. The molecule has 2 N–H and O–H groups in total. The van der Waals surface area contributed by atoms with Gasteiger partial charge in [-0.2, -0.15) is 0 Å². The summed E-state index contributed by atoms with van der Waals surface area (Å²) in [5.41, 5.74) is 8.40. The van der Waals surface area contributed by atoms with E-state index in [1.165, 1.54) is 12.1 Å². The van der Waals surface area contributed by atoms with Crippen LogP contribution in [0, 0.1) is 19.7 Å². The Balaban J connectivity index is 2.33. The van der Waals surface area contributed by atoms with E-state index in [0.717, 1.165) is 16.8 Å². The fourth-order valence-corrected chi connectivity index (χ4v) is 1.58.